The molecule has 4 rings (SSSR count). The molecule has 2 fully saturated rings. The summed E-state index contributed by atoms with van der Waals surface area (Å²) in [6, 6.07) is 17.3. The Bertz CT molecular complexity index is 823. The fourth-order valence-corrected chi connectivity index (χ4v) is 3.69. The van der Waals surface area contributed by atoms with Gasteiger partial charge in [0, 0.05) is 18.8 Å². The van der Waals surface area contributed by atoms with Gasteiger partial charge in [-0.1, -0.05) is 30.3 Å². The van der Waals surface area contributed by atoms with Crippen molar-refractivity contribution >= 4 is 17.5 Å². The van der Waals surface area contributed by atoms with E-state index in [9.17, 15) is 9.59 Å². The second kappa shape index (κ2) is 8.05. The first kappa shape index (κ1) is 18.5. The van der Waals surface area contributed by atoms with Gasteiger partial charge in [0.1, 0.15) is 17.8 Å². The monoisotopic (exact) mass is 378 g/mol. The lowest BCUT2D eigenvalue weighted by molar-refractivity contribution is -0.143. The maximum absolute atomic E-state index is 12.8. The number of hydrogen-bond acceptors (Lipinski definition) is 3. The van der Waals surface area contributed by atoms with E-state index < -0.39 is 5.41 Å². The summed E-state index contributed by atoms with van der Waals surface area (Å²) in [6.07, 6.45) is 4.53. The average Bonchev–Trinajstić information content (AvgIpc) is 3.56. The molecule has 0 spiro atoms. The molecule has 2 amide bonds. The van der Waals surface area contributed by atoms with Crippen LogP contribution in [0.2, 0.25) is 0 Å². The van der Waals surface area contributed by atoms with E-state index in [0.29, 0.717) is 25.1 Å². The fourth-order valence-electron chi connectivity index (χ4n) is 3.69. The van der Waals surface area contributed by atoms with Gasteiger partial charge in [0.2, 0.25) is 11.8 Å². The van der Waals surface area contributed by atoms with Crippen molar-refractivity contribution in [3.05, 3.63) is 60.2 Å². The zero-order valence-electron chi connectivity index (χ0n) is 16.0. The summed E-state index contributed by atoms with van der Waals surface area (Å²) in [5.41, 5.74) is 0.946. The van der Waals surface area contributed by atoms with Crippen LogP contribution in [0.5, 0.6) is 5.75 Å². The molecule has 1 N–H and O–H groups in total. The minimum atomic E-state index is -0.847. The highest BCUT2D eigenvalue weighted by atomic mass is 16.5. The molecule has 1 aliphatic carbocycles. The Morgan fingerprint density at radius 1 is 0.929 bits per heavy atom. The standard InChI is InChI=1S/C23H26N2O3/c26-21(23(13-14-23)22(27)25-15-5-2-6-16-25)24-19-9-11-20(12-10-19)28-17-18-7-3-1-4-8-18/h1,3-4,7-12H,2,5-6,13-17H2,(H,24,26). The lowest BCUT2D eigenvalue weighted by Crippen LogP contribution is -2.45. The fraction of sp³-hybridized carbons (Fsp3) is 0.391. The van der Waals surface area contributed by atoms with Crippen molar-refractivity contribution in [2.45, 2.75) is 38.7 Å². The molecule has 2 aromatic rings. The first-order valence-corrected chi connectivity index (χ1v) is 10.0. The van der Waals surface area contributed by atoms with Crippen molar-refractivity contribution in [3.63, 3.8) is 0 Å². The number of piperidine rings is 1. The van der Waals surface area contributed by atoms with Crippen molar-refractivity contribution in [1.82, 2.24) is 4.90 Å². The molecule has 28 heavy (non-hydrogen) atoms. The van der Waals surface area contributed by atoms with Crippen molar-refractivity contribution in [2.24, 2.45) is 5.41 Å². The molecule has 1 saturated heterocycles. The van der Waals surface area contributed by atoms with Crippen molar-refractivity contribution in [2.75, 3.05) is 18.4 Å². The van der Waals surface area contributed by atoms with Gasteiger partial charge >= 0.3 is 0 Å². The van der Waals surface area contributed by atoms with Gasteiger partial charge in [0.25, 0.3) is 0 Å². The number of hydrogen-bond donors (Lipinski definition) is 1. The van der Waals surface area contributed by atoms with E-state index in [0.717, 1.165) is 37.2 Å². The van der Waals surface area contributed by atoms with Crippen LogP contribution < -0.4 is 10.1 Å². The first-order valence-electron chi connectivity index (χ1n) is 10.0. The Labute approximate surface area is 165 Å². The Kier molecular flexibility index (Phi) is 5.33. The second-order valence-electron chi connectivity index (χ2n) is 7.69. The number of likely N-dealkylation sites (tertiary alicyclic amines) is 1. The summed E-state index contributed by atoms with van der Waals surface area (Å²) in [6.45, 7) is 2.06. The number of carbonyl (C=O) groups is 2. The molecular weight excluding hydrogens is 352 g/mol. The smallest absolute Gasteiger partial charge is 0.240 e. The highest BCUT2D eigenvalue weighted by molar-refractivity contribution is 6.13. The predicted molar refractivity (Wildman–Crippen MR) is 108 cm³/mol. The maximum atomic E-state index is 12.8. The Morgan fingerprint density at radius 2 is 1.61 bits per heavy atom. The van der Waals surface area contributed by atoms with E-state index in [2.05, 4.69) is 5.32 Å². The molecule has 0 bridgehead atoms. The second-order valence-corrected chi connectivity index (χ2v) is 7.69. The molecule has 1 saturated carbocycles. The third-order valence-corrected chi connectivity index (χ3v) is 5.60. The molecule has 0 aromatic heterocycles. The van der Waals surface area contributed by atoms with Gasteiger partial charge in [-0.25, -0.2) is 0 Å². The minimum Gasteiger partial charge on any atom is -0.489 e. The average molecular weight is 378 g/mol. The van der Waals surface area contributed by atoms with Gasteiger partial charge in [-0.2, -0.15) is 0 Å². The van der Waals surface area contributed by atoms with E-state index >= 15 is 0 Å². The van der Waals surface area contributed by atoms with Crippen molar-refractivity contribution in [3.8, 4) is 5.75 Å². The molecule has 2 aromatic carbocycles. The van der Waals surface area contributed by atoms with Crippen LogP contribution in [-0.2, 0) is 16.2 Å². The molecule has 5 nitrogen and oxygen atoms in total. The van der Waals surface area contributed by atoms with Gasteiger partial charge < -0.3 is 15.0 Å². The molecular formula is C23H26N2O3. The number of benzene rings is 2. The molecule has 0 atom stereocenters. The lowest BCUT2D eigenvalue weighted by atomic mass is 10.0. The normalized spacial score (nSPS) is 17.6. The van der Waals surface area contributed by atoms with E-state index in [1.165, 1.54) is 6.42 Å². The number of nitrogens with one attached hydrogen (secondary N) is 1. The van der Waals surface area contributed by atoms with E-state index in [1.54, 1.807) is 0 Å². The van der Waals surface area contributed by atoms with Gasteiger partial charge in [-0.05, 0) is 61.9 Å². The Morgan fingerprint density at radius 3 is 2.25 bits per heavy atom. The highest BCUT2D eigenvalue weighted by Gasteiger charge is 2.58. The quantitative estimate of drug-likeness (QED) is 0.773. The van der Waals surface area contributed by atoms with E-state index in [1.807, 2.05) is 59.5 Å². The van der Waals surface area contributed by atoms with Crippen LogP contribution in [0.25, 0.3) is 0 Å². The highest BCUT2D eigenvalue weighted by Crippen LogP contribution is 2.48. The maximum Gasteiger partial charge on any atom is 0.240 e. The number of ether oxygens (including phenoxy) is 1. The van der Waals surface area contributed by atoms with Gasteiger partial charge in [-0.15, -0.1) is 0 Å². The molecule has 0 unspecified atom stereocenters. The summed E-state index contributed by atoms with van der Waals surface area (Å²) in [7, 11) is 0. The number of anilines is 1. The number of carbonyl (C=O) groups excluding carboxylic acids is 2. The summed E-state index contributed by atoms with van der Waals surface area (Å²) in [4.78, 5) is 27.5. The van der Waals surface area contributed by atoms with E-state index in [-0.39, 0.29) is 11.8 Å². The minimum absolute atomic E-state index is 0.00696. The van der Waals surface area contributed by atoms with Crippen LogP contribution in [0, 0.1) is 5.41 Å². The van der Waals surface area contributed by atoms with Crippen molar-refractivity contribution in [1.29, 1.82) is 0 Å². The number of amides is 2. The third kappa shape index (κ3) is 4.03. The number of rotatable bonds is 6. The lowest BCUT2D eigenvalue weighted by Gasteiger charge is -2.30. The third-order valence-electron chi connectivity index (χ3n) is 5.60. The SMILES string of the molecule is O=C(Nc1ccc(OCc2ccccc2)cc1)C1(C(=O)N2CCCCC2)CC1. The van der Waals surface area contributed by atoms with Crippen LogP contribution in [0.3, 0.4) is 0 Å². The summed E-state index contributed by atoms with van der Waals surface area (Å²) in [5.74, 6) is 0.570. The summed E-state index contributed by atoms with van der Waals surface area (Å²) in [5, 5.41) is 2.92. The topological polar surface area (TPSA) is 58.6 Å². The number of nitrogens with zero attached hydrogens (tertiary/aromatic N) is 1. The van der Waals surface area contributed by atoms with Gasteiger partial charge in [-0.3, -0.25) is 9.59 Å². The van der Waals surface area contributed by atoms with Gasteiger partial charge in [0.05, 0.1) is 0 Å². The van der Waals surface area contributed by atoms with Gasteiger partial charge in [0.15, 0.2) is 0 Å². The van der Waals surface area contributed by atoms with E-state index in [4.69, 9.17) is 4.74 Å². The van der Waals surface area contributed by atoms with Crippen LogP contribution in [-0.4, -0.2) is 29.8 Å². The molecule has 2 aliphatic rings. The van der Waals surface area contributed by atoms with Crippen LogP contribution >= 0.6 is 0 Å². The summed E-state index contributed by atoms with van der Waals surface area (Å²) < 4.78 is 5.78. The molecule has 1 aliphatic heterocycles. The Hall–Kier alpha value is -2.82. The zero-order chi connectivity index (χ0) is 19.4. The molecule has 146 valence electrons. The summed E-state index contributed by atoms with van der Waals surface area (Å²) >= 11 is 0. The van der Waals surface area contributed by atoms with Crippen LogP contribution in [0.4, 0.5) is 5.69 Å². The Balaban J connectivity index is 1.33. The molecule has 1 heterocycles. The molecule has 5 heteroatoms. The van der Waals surface area contributed by atoms with Crippen molar-refractivity contribution < 1.29 is 14.3 Å². The predicted octanol–water partition coefficient (Wildman–Crippen LogP) is 4.00. The molecule has 0 radical (unpaired) electrons. The first-order chi connectivity index (χ1) is 13.7. The van der Waals surface area contributed by atoms with Crippen LogP contribution in [0.15, 0.2) is 54.6 Å². The van der Waals surface area contributed by atoms with Crippen LogP contribution in [0.1, 0.15) is 37.7 Å². The zero-order valence-corrected chi connectivity index (χ0v) is 16.0. The largest absolute Gasteiger partial charge is 0.489 e.